The second-order valence-corrected chi connectivity index (χ2v) is 4.01. The first-order chi connectivity index (χ1) is 7.27. The molecule has 0 radical (unpaired) electrons. The van der Waals surface area contributed by atoms with Gasteiger partial charge in [0.05, 0.1) is 0 Å². The average molecular weight is 226 g/mol. The lowest BCUT2D eigenvalue weighted by Crippen LogP contribution is -2.23. The van der Waals surface area contributed by atoms with Crippen molar-refractivity contribution >= 4 is 17.4 Å². The third kappa shape index (κ3) is 2.55. The van der Waals surface area contributed by atoms with Crippen molar-refractivity contribution in [1.82, 2.24) is 4.98 Å². The Morgan fingerprint density at radius 1 is 1.40 bits per heavy atom. The summed E-state index contributed by atoms with van der Waals surface area (Å²) in [6.45, 7) is 1.36. The van der Waals surface area contributed by atoms with Crippen LogP contribution >= 0.6 is 11.6 Å². The molecular formula is C11H12ClNO2. The summed E-state index contributed by atoms with van der Waals surface area (Å²) >= 11 is 5.66. The molecule has 80 valence electrons. The van der Waals surface area contributed by atoms with E-state index in [1.165, 1.54) is 0 Å². The van der Waals surface area contributed by atoms with Gasteiger partial charge in [0, 0.05) is 30.9 Å². The molecule has 3 nitrogen and oxygen atoms in total. The maximum Gasteiger partial charge on any atom is 0.167 e. The summed E-state index contributed by atoms with van der Waals surface area (Å²) < 4.78 is 5.22. The van der Waals surface area contributed by atoms with Crippen molar-refractivity contribution < 1.29 is 9.53 Å². The Morgan fingerprint density at radius 3 is 2.73 bits per heavy atom. The zero-order valence-electron chi connectivity index (χ0n) is 8.28. The van der Waals surface area contributed by atoms with Crippen molar-refractivity contribution in [3.8, 4) is 0 Å². The van der Waals surface area contributed by atoms with Gasteiger partial charge in [-0.2, -0.15) is 0 Å². The third-order valence-corrected chi connectivity index (χ3v) is 2.83. The second-order valence-electron chi connectivity index (χ2n) is 3.62. The molecule has 15 heavy (non-hydrogen) atoms. The molecule has 0 spiro atoms. The van der Waals surface area contributed by atoms with E-state index >= 15 is 0 Å². The van der Waals surface area contributed by atoms with E-state index in [1.807, 2.05) is 0 Å². The van der Waals surface area contributed by atoms with Crippen LogP contribution in [-0.2, 0) is 4.74 Å². The minimum atomic E-state index is 0.0849. The van der Waals surface area contributed by atoms with Crippen molar-refractivity contribution in [2.75, 3.05) is 13.2 Å². The highest BCUT2D eigenvalue weighted by atomic mass is 35.5. The predicted octanol–water partition coefficient (Wildman–Crippen LogP) is 2.34. The number of pyridine rings is 1. The molecule has 1 aromatic heterocycles. The van der Waals surface area contributed by atoms with E-state index in [4.69, 9.17) is 16.3 Å². The van der Waals surface area contributed by atoms with Crippen molar-refractivity contribution in [1.29, 1.82) is 0 Å². The molecular weight excluding hydrogens is 214 g/mol. The summed E-state index contributed by atoms with van der Waals surface area (Å²) in [5.74, 6) is 0.240. The summed E-state index contributed by atoms with van der Waals surface area (Å²) in [7, 11) is 0. The Balaban J connectivity index is 2.09. The number of carbonyl (C=O) groups excluding carboxylic acids is 1. The van der Waals surface area contributed by atoms with Gasteiger partial charge in [-0.3, -0.25) is 4.79 Å². The van der Waals surface area contributed by atoms with Crippen LogP contribution in [0.4, 0.5) is 0 Å². The van der Waals surface area contributed by atoms with Gasteiger partial charge in [-0.05, 0) is 25.0 Å². The summed E-state index contributed by atoms with van der Waals surface area (Å²) in [6.07, 6.45) is 3.16. The van der Waals surface area contributed by atoms with Gasteiger partial charge in [0.2, 0.25) is 0 Å². The standard InChI is InChI=1S/C11H12ClNO2/c12-10-2-1-9(7-13-10)11(14)8-3-5-15-6-4-8/h1-2,7-8H,3-6H2. The predicted molar refractivity (Wildman–Crippen MR) is 57.1 cm³/mol. The fraction of sp³-hybridized carbons (Fsp3) is 0.455. The quantitative estimate of drug-likeness (QED) is 0.573. The summed E-state index contributed by atoms with van der Waals surface area (Å²) in [4.78, 5) is 15.9. The molecule has 0 N–H and O–H groups in total. The molecule has 1 aliphatic heterocycles. The van der Waals surface area contributed by atoms with E-state index in [9.17, 15) is 4.79 Å². The Kier molecular flexibility index (Phi) is 3.34. The maximum atomic E-state index is 12.0. The van der Waals surface area contributed by atoms with Gasteiger partial charge in [0.15, 0.2) is 5.78 Å². The summed E-state index contributed by atoms with van der Waals surface area (Å²) in [5, 5.41) is 0.415. The Bertz CT molecular complexity index is 344. The van der Waals surface area contributed by atoms with Crippen LogP contribution in [0.25, 0.3) is 0 Å². The van der Waals surface area contributed by atoms with Crippen LogP contribution in [-0.4, -0.2) is 24.0 Å². The molecule has 0 bridgehead atoms. The Hall–Kier alpha value is -0.930. The molecule has 0 aliphatic carbocycles. The first-order valence-corrected chi connectivity index (χ1v) is 5.38. The molecule has 4 heteroatoms. The molecule has 0 saturated carbocycles. The highest BCUT2D eigenvalue weighted by Crippen LogP contribution is 2.20. The van der Waals surface area contributed by atoms with Crippen LogP contribution in [0.3, 0.4) is 0 Å². The number of rotatable bonds is 2. The Labute approximate surface area is 93.4 Å². The van der Waals surface area contributed by atoms with Gasteiger partial charge in [0.25, 0.3) is 0 Å². The van der Waals surface area contributed by atoms with E-state index in [1.54, 1.807) is 18.3 Å². The van der Waals surface area contributed by atoms with Gasteiger partial charge in [-0.15, -0.1) is 0 Å². The lowest BCUT2D eigenvalue weighted by atomic mass is 9.92. The van der Waals surface area contributed by atoms with E-state index in [2.05, 4.69) is 4.98 Å². The van der Waals surface area contributed by atoms with E-state index in [-0.39, 0.29) is 11.7 Å². The number of hydrogen-bond acceptors (Lipinski definition) is 3. The normalized spacial score (nSPS) is 17.7. The SMILES string of the molecule is O=C(c1ccc(Cl)nc1)C1CCOCC1. The zero-order chi connectivity index (χ0) is 10.7. The number of Topliss-reactive ketones (excluding diaryl/α,β-unsaturated/α-hetero) is 1. The number of halogens is 1. The molecule has 1 aliphatic rings. The molecule has 0 aromatic carbocycles. The minimum Gasteiger partial charge on any atom is -0.381 e. The highest BCUT2D eigenvalue weighted by molar-refractivity contribution is 6.29. The van der Waals surface area contributed by atoms with Crippen LogP contribution in [0.15, 0.2) is 18.3 Å². The lowest BCUT2D eigenvalue weighted by Gasteiger charge is -2.20. The van der Waals surface area contributed by atoms with Crippen molar-refractivity contribution in [3.63, 3.8) is 0 Å². The average Bonchev–Trinajstić information content (AvgIpc) is 2.30. The molecule has 1 saturated heterocycles. The van der Waals surface area contributed by atoms with Crippen LogP contribution in [0.5, 0.6) is 0 Å². The van der Waals surface area contributed by atoms with Crippen molar-refractivity contribution in [3.05, 3.63) is 29.0 Å². The number of hydrogen-bond donors (Lipinski definition) is 0. The first kappa shape index (κ1) is 10.6. The molecule has 2 heterocycles. The zero-order valence-corrected chi connectivity index (χ0v) is 9.04. The smallest absolute Gasteiger partial charge is 0.167 e. The molecule has 0 unspecified atom stereocenters. The molecule has 1 fully saturated rings. The number of ketones is 1. The monoisotopic (exact) mass is 225 g/mol. The summed E-state index contributed by atoms with van der Waals surface area (Å²) in [6, 6.07) is 3.38. The van der Waals surface area contributed by atoms with Crippen molar-refractivity contribution in [2.45, 2.75) is 12.8 Å². The first-order valence-electron chi connectivity index (χ1n) is 5.01. The van der Waals surface area contributed by atoms with E-state index in [0.29, 0.717) is 23.9 Å². The molecule has 2 rings (SSSR count). The van der Waals surface area contributed by atoms with Gasteiger partial charge < -0.3 is 4.74 Å². The minimum absolute atomic E-state index is 0.0849. The van der Waals surface area contributed by atoms with Crippen molar-refractivity contribution in [2.24, 2.45) is 5.92 Å². The number of nitrogens with zero attached hydrogens (tertiary/aromatic N) is 1. The summed E-state index contributed by atoms with van der Waals surface area (Å²) in [5.41, 5.74) is 0.645. The van der Waals surface area contributed by atoms with E-state index < -0.39 is 0 Å². The number of aromatic nitrogens is 1. The largest absolute Gasteiger partial charge is 0.381 e. The fourth-order valence-corrected chi connectivity index (χ4v) is 1.83. The van der Waals surface area contributed by atoms with Gasteiger partial charge in [-0.1, -0.05) is 11.6 Å². The van der Waals surface area contributed by atoms with Gasteiger partial charge >= 0.3 is 0 Å². The third-order valence-electron chi connectivity index (χ3n) is 2.60. The second kappa shape index (κ2) is 4.73. The topological polar surface area (TPSA) is 39.2 Å². The van der Waals surface area contributed by atoms with Crippen LogP contribution in [0.1, 0.15) is 23.2 Å². The lowest BCUT2D eigenvalue weighted by molar-refractivity contribution is 0.0544. The number of carbonyl (C=O) groups is 1. The van der Waals surface area contributed by atoms with E-state index in [0.717, 1.165) is 12.8 Å². The van der Waals surface area contributed by atoms with Gasteiger partial charge in [-0.25, -0.2) is 4.98 Å². The van der Waals surface area contributed by atoms with Crippen LogP contribution in [0.2, 0.25) is 5.15 Å². The maximum absolute atomic E-state index is 12.0. The Morgan fingerprint density at radius 2 is 2.13 bits per heavy atom. The molecule has 0 atom stereocenters. The van der Waals surface area contributed by atoms with Crippen LogP contribution in [0, 0.1) is 5.92 Å². The number of ether oxygens (including phenoxy) is 1. The van der Waals surface area contributed by atoms with Crippen LogP contribution < -0.4 is 0 Å². The molecule has 1 aromatic rings. The molecule has 0 amide bonds. The highest BCUT2D eigenvalue weighted by Gasteiger charge is 2.22. The fourth-order valence-electron chi connectivity index (χ4n) is 1.72. The van der Waals surface area contributed by atoms with Gasteiger partial charge in [0.1, 0.15) is 5.15 Å².